The van der Waals surface area contributed by atoms with Crippen LogP contribution in [0.3, 0.4) is 0 Å². The van der Waals surface area contributed by atoms with E-state index in [0.29, 0.717) is 29.6 Å². The normalized spacial score (nSPS) is 16.0. The first-order valence-electron chi connectivity index (χ1n) is 8.66. The van der Waals surface area contributed by atoms with E-state index in [0.717, 1.165) is 37.2 Å². The molecule has 1 aliphatic rings. The van der Waals surface area contributed by atoms with Gasteiger partial charge in [0.2, 0.25) is 5.89 Å². The number of rotatable bonds is 3. The highest BCUT2D eigenvalue weighted by Gasteiger charge is 2.21. The van der Waals surface area contributed by atoms with Crippen molar-refractivity contribution in [3.05, 3.63) is 59.2 Å². The number of aromatic nitrogens is 2. The summed E-state index contributed by atoms with van der Waals surface area (Å²) < 4.78 is 5.81. The van der Waals surface area contributed by atoms with Crippen LogP contribution in [0.25, 0.3) is 11.1 Å². The number of fused-ring (bicyclic) bond motifs is 1. The van der Waals surface area contributed by atoms with Gasteiger partial charge in [0.05, 0.1) is 6.54 Å². The molecule has 0 atom stereocenters. The van der Waals surface area contributed by atoms with Crippen LogP contribution in [0.15, 0.2) is 47.1 Å². The summed E-state index contributed by atoms with van der Waals surface area (Å²) in [5, 5.41) is 0.650. The summed E-state index contributed by atoms with van der Waals surface area (Å²) in [4.78, 5) is 25.3. The van der Waals surface area contributed by atoms with Crippen LogP contribution >= 0.6 is 11.6 Å². The maximum atomic E-state index is 12.6. The molecule has 6 nitrogen and oxygen atoms in total. The standard InChI is InChI=1S/C19H19ClN4O2/c20-15-2-3-17-16(12-15)22-18(26-17)13-23-8-1-9-24(11-10-23)19(25)14-4-6-21-7-5-14/h2-7,12H,1,8-11,13H2. The number of oxazole rings is 1. The third-order valence-corrected chi connectivity index (χ3v) is 4.79. The molecule has 0 unspecified atom stereocenters. The predicted molar refractivity (Wildman–Crippen MR) is 99.1 cm³/mol. The number of hydrogen-bond donors (Lipinski definition) is 0. The van der Waals surface area contributed by atoms with Gasteiger partial charge < -0.3 is 9.32 Å². The largest absolute Gasteiger partial charge is 0.439 e. The molecule has 1 saturated heterocycles. The Balaban J connectivity index is 1.41. The predicted octanol–water partition coefficient (Wildman–Crippen LogP) is 3.22. The maximum Gasteiger partial charge on any atom is 0.254 e. The van der Waals surface area contributed by atoms with Gasteiger partial charge in [0.1, 0.15) is 5.52 Å². The number of carbonyl (C=O) groups excluding carboxylic acids is 1. The second kappa shape index (κ2) is 7.43. The third-order valence-electron chi connectivity index (χ3n) is 4.56. The zero-order valence-electron chi connectivity index (χ0n) is 14.3. The van der Waals surface area contributed by atoms with E-state index in [-0.39, 0.29) is 5.91 Å². The molecule has 4 rings (SSSR count). The molecule has 134 valence electrons. The van der Waals surface area contributed by atoms with Gasteiger partial charge in [-0.25, -0.2) is 4.98 Å². The van der Waals surface area contributed by atoms with Crippen LogP contribution in [0.1, 0.15) is 22.7 Å². The lowest BCUT2D eigenvalue weighted by atomic mass is 10.2. The number of nitrogens with zero attached hydrogens (tertiary/aromatic N) is 4. The molecule has 0 spiro atoms. The van der Waals surface area contributed by atoms with Crippen molar-refractivity contribution in [1.82, 2.24) is 19.8 Å². The second-order valence-corrected chi connectivity index (χ2v) is 6.81. The lowest BCUT2D eigenvalue weighted by Gasteiger charge is -2.21. The molecule has 26 heavy (non-hydrogen) atoms. The first kappa shape index (κ1) is 17.0. The Hall–Kier alpha value is -2.44. The number of benzene rings is 1. The topological polar surface area (TPSA) is 62.5 Å². The van der Waals surface area contributed by atoms with Gasteiger partial charge in [0.25, 0.3) is 5.91 Å². The minimum atomic E-state index is 0.0609. The summed E-state index contributed by atoms with van der Waals surface area (Å²) in [6, 6.07) is 8.96. The van der Waals surface area contributed by atoms with E-state index in [4.69, 9.17) is 16.0 Å². The van der Waals surface area contributed by atoms with Crippen LogP contribution in [-0.2, 0) is 6.54 Å². The summed E-state index contributed by atoms with van der Waals surface area (Å²) in [5.41, 5.74) is 2.20. The summed E-state index contributed by atoms with van der Waals surface area (Å²) in [6.45, 7) is 3.76. The molecule has 0 aliphatic carbocycles. The van der Waals surface area contributed by atoms with Crippen LogP contribution in [0.5, 0.6) is 0 Å². The lowest BCUT2D eigenvalue weighted by Crippen LogP contribution is -2.35. The molecular weight excluding hydrogens is 352 g/mol. The van der Waals surface area contributed by atoms with Crippen molar-refractivity contribution in [2.24, 2.45) is 0 Å². The highest BCUT2D eigenvalue weighted by molar-refractivity contribution is 6.31. The van der Waals surface area contributed by atoms with Gasteiger partial charge >= 0.3 is 0 Å². The number of hydrogen-bond acceptors (Lipinski definition) is 5. The molecule has 1 fully saturated rings. The molecule has 1 aromatic carbocycles. The van der Waals surface area contributed by atoms with Gasteiger partial charge in [0, 0.05) is 49.2 Å². The first-order valence-corrected chi connectivity index (χ1v) is 9.03. The Labute approximate surface area is 156 Å². The highest BCUT2D eigenvalue weighted by atomic mass is 35.5. The Kier molecular flexibility index (Phi) is 4.86. The molecule has 3 heterocycles. The zero-order valence-corrected chi connectivity index (χ0v) is 15.0. The summed E-state index contributed by atoms with van der Waals surface area (Å²) in [6.07, 6.45) is 4.22. The second-order valence-electron chi connectivity index (χ2n) is 6.38. The van der Waals surface area contributed by atoms with E-state index in [9.17, 15) is 4.79 Å². The van der Waals surface area contributed by atoms with Gasteiger partial charge in [-0.1, -0.05) is 11.6 Å². The fourth-order valence-corrected chi connectivity index (χ4v) is 3.38. The molecule has 2 aromatic heterocycles. The molecule has 1 aliphatic heterocycles. The monoisotopic (exact) mass is 370 g/mol. The average molecular weight is 371 g/mol. The molecule has 0 N–H and O–H groups in total. The van der Waals surface area contributed by atoms with E-state index in [1.54, 1.807) is 36.7 Å². The molecule has 7 heteroatoms. The van der Waals surface area contributed by atoms with E-state index in [2.05, 4.69) is 14.9 Å². The fourth-order valence-electron chi connectivity index (χ4n) is 3.22. The lowest BCUT2D eigenvalue weighted by molar-refractivity contribution is 0.0760. The Morgan fingerprint density at radius 3 is 2.81 bits per heavy atom. The zero-order chi connectivity index (χ0) is 17.9. The molecule has 0 radical (unpaired) electrons. The number of carbonyl (C=O) groups is 1. The Bertz CT molecular complexity index is 912. The van der Waals surface area contributed by atoms with Crippen LogP contribution in [0.2, 0.25) is 5.02 Å². The Morgan fingerprint density at radius 1 is 1.12 bits per heavy atom. The molecule has 1 amide bonds. The summed E-state index contributed by atoms with van der Waals surface area (Å²) in [7, 11) is 0. The van der Waals surface area contributed by atoms with Crippen molar-refractivity contribution in [3.63, 3.8) is 0 Å². The molecular formula is C19H19ClN4O2. The third kappa shape index (κ3) is 3.71. The van der Waals surface area contributed by atoms with E-state index >= 15 is 0 Å². The summed E-state index contributed by atoms with van der Waals surface area (Å²) >= 11 is 6.00. The van der Waals surface area contributed by atoms with Crippen molar-refractivity contribution in [1.29, 1.82) is 0 Å². The number of halogens is 1. The average Bonchev–Trinajstić information content (AvgIpc) is 2.90. The highest BCUT2D eigenvalue weighted by Crippen LogP contribution is 2.21. The van der Waals surface area contributed by atoms with E-state index < -0.39 is 0 Å². The van der Waals surface area contributed by atoms with Crippen LogP contribution < -0.4 is 0 Å². The van der Waals surface area contributed by atoms with Gasteiger partial charge in [-0.3, -0.25) is 14.7 Å². The van der Waals surface area contributed by atoms with Crippen LogP contribution in [-0.4, -0.2) is 51.9 Å². The molecule has 0 saturated carbocycles. The first-order chi connectivity index (χ1) is 12.7. The number of pyridine rings is 1. The number of amides is 1. The van der Waals surface area contributed by atoms with Crippen molar-refractivity contribution in [2.75, 3.05) is 26.2 Å². The quantitative estimate of drug-likeness (QED) is 0.708. The van der Waals surface area contributed by atoms with Gasteiger partial charge in [-0.05, 0) is 36.8 Å². The SMILES string of the molecule is O=C(c1ccncc1)N1CCCN(Cc2nc3cc(Cl)ccc3o2)CC1. The van der Waals surface area contributed by atoms with Crippen molar-refractivity contribution >= 4 is 28.6 Å². The van der Waals surface area contributed by atoms with Crippen molar-refractivity contribution in [3.8, 4) is 0 Å². The van der Waals surface area contributed by atoms with E-state index in [1.807, 2.05) is 11.0 Å². The maximum absolute atomic E-state index is 12.6. The van der Waals surface area contributed by atoms with Crippen molar-refractivity contribution in [2.45, 2.75) is 13.0 Å². The van der Waals surface area contributed by atoms with Crippen molar-refractivity contribution < 1.29 is 9.21 Å². The Morgan fingerprint density at radius 2 is 1.96 bits per heavy atom. The molecule has 0 bridgehead atoms. The minimum Gasteiger partial charge on any atom is -0.439 e. The van der Waals surface area contributed by atoms with Crippen LogP contribution in [0, 0.1) is 0 Å². The van der Waals surface area contributed by atoms with Gasteiger partial charge in [-0.15, -0.1) is 0 Å². The van der Waals surface area contributed by atoms with Crippen LogP contribution in [0.4, 0.5) is 0 Å². The molecule has 3 aromatic rings. The summed E-state index contributed by atoms with van der Waals surface area (Å²) in [5.74, 6) is 0.738. The van der Waals surface area contributed by atoms with E-state index in [1.165, 1.54) is 0 Å². The van der Waals surface area contributed by atoms with Gasteiger partial charge in [0.15, 0.2) is 5.58 Å². The smallest absolute Gasteiger partial charge is 0.254 e. The fraction of sp³-hybridized carbons (Fsp3) is 0.316. The van der Waals surface area contributed by atoms with Gasteiger partial charge in [-0.2, -0.15) is 0 Å². The minimum absolute atomic E-state index is 0.0609.